The maximum Gasteiger partial charge on any atom is 0.269 e. The Morgan fingerprint density at radius 3 is 2.65 bits per heavy atom. The van der Waals surface area contributed by atoms with Crippen molar-refractivity contribution in [3.8, 4) is 0 Å². The average Bonchev–Trinajstić information content (AvgIpc) is 2.25. The van der Waals surface area contributed by atoms with Crippen LogP contribution in [0.15, 0.2) is 24.3 Å². The van der Waals surface area contributed by atoms with E-state index in [0.29, 0.717) is 12.1 Å². The van der Waals surface area contributed by atoms with Gasteiger partial charge in [0.05, 0.1) is 10.5 Å². The van der Waals surface area contributed by atoms with E-state index in [1.54, 1.807) is 12.1 Å². The predicted molar refractivity (Wildman–Crippen MR) is 64.6 cm³/mol. The van der Waals surface area contributed by atoms with Crippen LogP contribution in [0.1, 0.15) is 32.4 Å². The van der Waals surface area contributed by atoms with Crippen molar-refractivity contribution in [3.05, 3.63) is 39.9 Å². The molecule has 5 heteroatoms. The summed E-state index contributed by atoms with van der Waals surface area (Å²) in [6.07, 6.45) is -0.686. The highest BCUT2D eigenvalue weighted by molar-refractivity contribution is 5.35. The molecule has 0 radical (unpaired) electrons. The Hall–Kier alpha value is -1.46. The molecule has 1 aromatic carbocycles. The molecule has 0 unspecified atom stereocenters. The number of nitro benzene ring substituents is 1. The molecule has 0 aliphatic rings. The van der Waals surface area contributed by atoms with Gasteiger partial charge in [-0.3, -0.25) is 10.1 Å². The number of rotatable bonds is 4. The van der Waals surface area contributed by atoms with Crippen LogP contribution in [0.2, 0.25) is 0 Å². The highest BCUT2D eigenvalue weighted by Crippen LogP contribution is 2.18. The van der Waals surface area contributed by atoms with Crippen LogP contribution in [0.5, 0.6) is 0 Å². The van der Waals surface area contributed by atoms with Crippen molar-refractivity contribution in [1.82, 2.24) is 0 Å². The minimum atomic E-state index is -0.686. The van der Waals surface area contributed by atoms with Crippen LogP contribution in [0.3, 0.4) is 0 Å². The van der Waals surface area contributed by atoms with E-state index in [9.17, 15) is 15.2 Å². The molecule has 5 nitrogen and oxygen atoms in total. The summed E-state index contributed by atoms with van der Waals surface area (Å²) in [7, 11) is 0. The van der Waals surface area contributed by atoms with Gasteiger partial charge in [0.2, 0.25) is 0 Å². The topological polar surface area (TPSA) is 80.0 Å². The fourth-order valence-electron chi connectivity index (χ4n) is 1.45. The lowest BCUT2D eigenvalue weighted by molar-refractivity contribution is -0.722. The van der Waals surface area contributed by atoms with Gasteiger partial charge in [0, 0.05) is 12.1 Å². The quantitative estimate of drug-likeness (QED) is 0.607. The molecule has 1 rings (SSSR count). The summed E-state index contributed by atoms with van der Waals surface area (Å²) in [5.41, 5.74) is 0.624. The minimum Gasteiger partial charge on any atom is -0.382 e. The highest BCUT2D eigenvalue weighted by atomic mass is 16.6. The molecule has 3 N–H and O–H groups in total. The molecule has 0 saturated heterocycles. The number of aliphatic hydroxyl groups excluding tert-OH is 1. The first-order valence-corrected chi connectivity index (χ1v) is 5.56. The first kappa shape index (κ1) is 13.6. The number of quaternary nitrogens is 1. The molecule has 0 bridgehead atoms. The summed E-state index contributed by atoms with van der Waals surface area (Å²) in [6.45, 7) is 6.64. The zero-order valence-corrected chi connectivity index (χ0v) is 10.4. The average molecular weight is 239 g/mol. The Morgan fingerprint density at radius 2 is 2.12 bits per heavy atom. The normalized spacial score (nSPS) is 13.4. The fourth-order valence-corrected chi connectivity index (χ4v) is 1.45. The number of nitrogens with zero attached hydrogens (tertiary/aromatic N) is 1. The molecule has 0 saturated carbocycles. The summed E-state index contributed by atoms with van der Waals surface area (Å²) in [5.74, 6) is 0. The second-order valence-electron chi connectivity index (χ2n) is 5.17. The maximum absolute atomic E-state index is 10.6. The Labute approximate surface area is 101 Å². The SMILES string of the molecule is CC(C)(C)[NH2+]C[C@@H](O)c1cccc([N+](=O)[O-])c1. The van der Waals surface area contributed by atoms with Crippen molar-refractivity contribution in [1.29, 1.82) is 0 Å². The standard InChI is InChI=1S/C12H18N2O3/c1-12(2,3)13-8-11(15)9-5-4-6-10(7-9)14(16)17/h4-7,11,13,15H,8H2,1-3H3/p+1/t11-/m1/s1. The van der Waals surface area contributed by atoms with E-state index in [1.165, 1.54) is 12.1 Å². The van der Waals surface area contributed by atoms with Crippen molar-refractivity contribution >= 4 is 5.69 Å². The number of aliphatic hydroxyl groups is 1. The van der Waals surface area contributed by atoms with Gasteiger partial charge in [-0.15, -0.1) is 0 Å². The largest absolute Gasteiger partial charge is 0.382 e. The summed E-state index contributed by atoms with van der Waals surface area (Å²) in [5, 5.41) is 22.6. The zero-order valence-electron chi connectivity index (χ0n) is 10.4. The maximum atomic E-state index is 10.6. The Morgan fingerprint density at radius 1 is 1.47 bits per heavy atom. The molecule has 0 aliphatic heterocycles. The van der Waals surface area contributed by atoms with Gasteiger partial charge in [0.15, 0.2) is 0 Å². The Kier molecular flexibility index (Phi) is 4.20. The molecule has 0 aliphatic carbocycles. The third kappa shape index (κ3) is 4.50. The van der Waals surface area contributed by atoms with Crippen LogP contribution < -0.4 is 5.32 Å². The summed E-state index contributed by atoms with van der Waals surface area (Å²) >= 11 is 0. The van der Waals surface area contributed by atoms with Gasteiger partial charge in [0.1, 0.15) is 12.6 Å². The molecule has 94 valence electrons. The molecule has 0 aromatic heterocycles. The van der Waals surface area contributed by atoms with Crippen LogP contribution >= 0.6 is 0 Å². The zero-order chi connectivity index (χ0) is 13.1. The van der Waals surface area contributed by atoms with Crippen LogP contribution in [0, 0.1) is 10.1 Å². The molecule has 0 fully saturated rings. The predicted octanol–water partition coefficient (Wildman–Crippen LogP) is 0.990. The van der Waals surface area contributed by atoms with E-state index >= 15 is 0 Å². The third-order valence-corrected chi connectivity index (χ3v) is 2.42. The molecule has 0 spiro atoms. The molecule has 0 heterocycles. The molecule has 1 atom stereocenters. The van der Waals surface area contributed by atoms with Crippen LogP contribution in [-0.4, -0.2) is 22.1 Å². The van der Waals surface area contributed by atoms with Gasteiger partial charge in [0.25, 0.3) is 5.69 Å². The van der Waals surface area contributed by atoms with E-state index in [1.807, 2.05) is 26.1 Å². The second kappa shape index (κ2) is 5.25. The number of benzene rings is 1. The van der Waals surface area contributed by atoms with Crippen molar-refractivity contribution < 1.29 is 15.3 Å². The van der Waals surface area contributed by atoms with E-state index in [-0.39, 0.29) is 11.2 Å². The van der Waals surface area contributed by atoms with Gasteiger partial charge >= 0.3 is 0 Å². The van der Waals surface area contributed by atoms with Crippen molar-refractivity contribution in [2.45, 2.75) is 32.4 Å². The van der Waals surface area contributed by atoms with Gasteiger partial charge in [-0.2, -0.15) is 0 Å². The number of non-ortho nitro benzene ring substituents is 1. The van der Waals surface area contributed by atoms with E-state index in [4.69, 9.17) is 0 Å². The van der Waals surface area contributed by atoms with E-state index < -0.39 is 11.0 Å². The molecule has 0 amide bonds. The smallest absolute Gasteiger partial charge is 0.269 e. The highest BCUT2D eigenvalue weighted by Gasteiger charge is 2.18. The Balaban J connectivity index is 2.72. The molecular formula is C12H19N2O3+. The molecule has 1 aromatic rings. The summed E-state index contributed by atoms with van der Waals surface area (Å²) < 4.78 is 0. The van der Waals surface area contributed by atoms with Gasteiger partial charge in [-0.25, -0.2) is 0 Å². The van der Waals surface area contributed by atoms with Crippen LogP contribution in [0.4, 0.5) is 5.69 Å². The fraction of sp³-hybridized carbons (Fsp3) is 0.500. The Bertz CT molecular complexity index is 399. The number of hydrogen-bond acceptors (Lipinski definition) is 3. The van der Waals surface area contributed by atoms with E-state index in [0.717, 1.165) is 0 Å². The van der Waals surface area contributed by atoms with E-state index in [2.05, 4.69) is 0 Å². The lowest BCUT2D eigenvalue weighted by Crippen LogP contribution is -2.95. The van der Waals surface area contributed by atoms with Gasteiger partial charge in [-0.1, -0.05) is 12.1 Å². The third-order valence-electron chi connectivity index (χ3n) is 2.42. The first-order chi connectivity index (χ1) is 7.79. The molecule has 17 heavy (non-hydrogen) atoms. The van der Waals surface area contributed by atoms with Gasteiger partial charge in [-0.05, 0) is 26.3 Å². The number of nitro groups is 1. The van der Waals surface area contributed by atoms with Gasteiger partial charge < -0.3 is 10.4 Å². The first-order valence-electron chi connectivity index (χ1n) is 5.56. The number of hydrogen-bond donors (Lipinski definition) is 2. The van der Waals surface area contributed by atoms with Crippen LogP contribution in [-0.2, 0) is 0 Å². The van der Waals surface area contributed by atoms with Crippen molar-refractivity contribution in [2.75, 3.05) is 6.54 Å². The summed E-state index contributed by atoms with van der Waals surface area (Å²) in [4.78, 5) is 10.2. The lowest BCUT2D eigenvalue weighted by Gasteiger charge is -2.19. The van der Waals surface area contributed by atoms with Crippen molar-refractivity contribution in [3.63, 3.8) is 0 Å². The van der Waals surface area contributed by atoms with Crippen molar-refractivity contribution in [2.24, 2.45) is 0 Å². The minimum absolute atomic E-state index is 0.0114. The summed E-state index contributed by atoms with van der Waals surface area (Å²) in [6, 6.07) is 6.13. The second-order valence-corrected chi connectivity index (χ2v) is 5.17. The van der Waals surface area contributed by atoms with Crippen LogP contribution in [0.25, 0.3) is 0 Å². The molecular weight excluding hydrogens is 220 g/mol. The number of nitrogens with two attached hydrogens (primary N) is 1. The lowest BCUT2D eigenvalue weighted by atomic mass is 10.1. The monoisotopic (exact) mass is 239 g/mol.